The van der Waals surface area contributed by atoms with Gasteiger partial charge in [-0.15, -0.1) is 0 Å². The molecule has 0 heterocycles. The molecular weight excluding hydrogens is 236 g/mol. The molecule has 0 aliphatic rings. The summed E-state index contributed by atoms with van der Waals surface area (Å²) in [4.78, 5) is 14.0. The van der Waals surface area contributed by atoms with Crippen LogP contribution in [-0.2, 0) is 4.79 Å². The number of carbonyl (C=O) groups excluding carboxylic acids is 1. The van der Waals surface area contributed by atoms with Crippen LogP contribution in [0.15, 0.2) is 24.3 Å². The zero-order valence-corrected chi connectivity index (χ0v) is 12.7. The molecule has 19 heavy (non-hydrogen) atoms. The van der Waals surface area contributed by atoms with Gasteiger partial charge in [-0.2, -0.15) is 0 Å². The number of hydrogen-bond donors (Lipinski definition) is 1. The van der Waals surface area contributed by atoms with Crippen LogP contribution < -0.4 is 5.73 Å². The first-order valence-corrected chi connectivity index (χ1v) is 6.91. The second-order valence-electron chi connectivity index (χ2n) is 5.77. The fourth-order valence-electron chi connectivity index (χ4n) is 2.13. The fourth-order valence-corrected chi connectivity index (χ4v) is 2.13. The van der Waals surface area contributed by atoms with E-state index < -0.39 is 6.04 Å². The lowest BCUT2D eigenvalue weighted by Crippen LogP contribution is -2.43. The minimum Gasteiger partial charge on any atom is -0.338 e. The number of carbonyl (C=O) groups is 1. The number of rotatable bonds is 5. The van der Waals surface area contributed by atoms with Gasteiger partial charge in [0.15, 0.2) is 0 Å². The van der Waals surface area contributed by atoms with Gasteiger partial charge in [0.05, 0.1) is 12.1 Å². The monoisotopic (exact) mass is 262 g/mol. The number of nitrogens with zero attached hydrogens (tertiary/aromatic N) is 1. The number of likely N-dealkylation sites (N-methyl/N-ethyl adjacent to an activating group) is 1. The van der Waals surface area contributed by atoms with Crippen molar-refractivity contribution >= 4 is 5.91 Å². The molecule has 0 spiro atoms. The van der Waals surface area contributed by atoms with Crippen molar-refractivity contribution in [1.29, 1.82) is 0 Å². The van der Waals surface area contributed by atoms with Gasteiger partial charge in [0.1, 0.15) is 0 Å². The van der Waals surface area contributed by atoms with Crippen LogP contribution in [0, 0.1) is 12.8 Å². The van der Waals surface area contributed by atoms with E-state index in [4.69, 9.17) is 5.73 Å². The van der Waals surface area contributed by atoms with Crippen molar-refractivity contribution in [1.82, 2.24) is 4.90 Å². The Morgan fingerprint density at radius 3 is 2.21 bits per heavy atom. The average molecular weight is 262 g/mol. The lowest BCUT2D eigenvalue weighted by Gasteiger charge is -2.28. The summed E-state index contributed by atoms with van der Waals surface area (Å²) in [5, 5.41) is 0. The van der Waals surface area contributed by atoms with Crippen LogP contribution in [0.5, 0.6) is 0 Å². The quantitative estimate of drug-likeness (QED) is 0.887. The Labute approximate surface area is 116 Å². The maximum Gasteiger partial charge on any atom is 0.239 e. The molecule has 0 aliphatic carbocycles. The van der Waals surface area contributed by atoms with Crippen LogP contribution in [0.1, 0.15) is 44.4 Å². The van der Waals surface area contributed by atoms with Gasteiger partial charge in [0.25, 0.3) is 0 Å². The van der Waals surface area contributed by atoms with Crippen LogP contribution in [0.4, 0.5) is 0 Å². The van der Waals surface area contributed by atoms with Crippen molar-refractivity contribution < 1.29 is 4.79 Å². The Hall–Kier alpha value is -1.35. The summed E-state index contributed by atoms with van der Waals surface area (Å²) in [5.74, 6) is 0.448. The zero-order valence-electron chi connectivity index (χ0n) is 12.7. The van der Waals surface area contributed by atoms with Crippen LogP contribution in [0.3, 0.4) is 0 Å². The smallest absolute Gasteiger partial charge is 0.239 e. The van der Waals surface area contributed by atoms with Crippen molar-refractivity contribution in [3.63, 3.8) is 0 Å². The molecule has 2 unspecified atom stereocenters. The summed E-state index contributed by atoms with van der Waals surface area (Å²) >= 11 is 0. The molecule has 0 bridgehead atoms. The lowest BCUT2D eigenvalue weighted by molar-refractivity contribution is -0.133. The van der Waals surface area contributed by atoms with Crippen LogP contribution in [0.25, 0.3) is 0 Å². The molecule has 2 N–H and O–H groups in total. The van der Waals surface area contributed by atoms with Crippen molar-refractivity contribution in [2.24, 2.45) is 11.7 Å². The topological polar surface area (TPSA) is 46.3 Å². The Morgan fingerprint density at radius 2 is 1.74 bits per heavy atom. The van der Waals surface area contributed by atoms with E-state index in [0.717, 1.165) is 12.0 Å². The van der Waals surface area contributed by atoms with E-state index in [2.05, 4.69) is 45.0 Å². The van der Waals surface area contributed by atoms with Gasteiger partial charge in [-0.05, 0) is 31.7 Å². The molecule has 0 fully saturated rings. The van der Waals surface area contributed by atoms with Gasteiger partial charge in [-0.1, -0.05) is 43.7 Å². The summed E-state index contributed by atoms with van der Waals surface area (Å²) in [6.45, 7) is 8.25. The van der Waals surface area contributed by atoms with Gasteiger partial charge in [0, 0.05) is 7.05 Å². The third-order valence-corrected chi connectivity index (χ3v) is 3.53. The predicted molar refractivity (Wildman–Crippen MR) is 79.8 cm³/mol. The lowest BCUT2D eigenvalue weighted by atomic mass is 10.0. The molecule has 1 amide bonds. The molecular formula is C16H26N2O. The number of hydrogen-bond acceptors (Lipinski definition) is 2. The third-order valence-electron chi connectivity index (χ3n) is 3.53. The fraction of sp³-hybridized carbons (Fsp3) is 0.562. The van der Waals surface area contributed by atoms with E-state index in [1.165, 1.54) is 5.56 Å². The standard InChI is InChI=1S/C16H26N2O/c1-11(2)10-15(17)16(19)18(5)13(4)14-8-6-12(3)7-9-14/h6-9,11,13,15H,10,17H2,1-5H3. The van der Waals surface area contributed by atoms with E-state index in [0.29, 0.717) is 5.92 Å². The average Bonchev–Trinajstić information content (AvgIpc) is 2.36. The Morgan fingerprint density at radius 1 is 1.21 bits per heavy atom. The van der Waals surface area contributed by atoms with Crippen LogP contribution in [0.2, 0.25) is 0 Å². The normalized spacial score (nSPS) is 14.3. The minimum absolute atomic E-state index is 0.0155. The molecule has 2 atom stereocenters. The van der Waals surface area contributed by atoms with E-state index in [-0.39, 0.29) is 11.9 Å². The third kappa shape index (κ3) is 4.35. The van der Waals surface area contributed by atoms with Crippen molar-refractivity contribution in [3.05, 3.63) is 35.4 Å². The molecule has 0 aliphatic heterocycles. The van der Waals surface area contributed by atoms with E-state index in [1.54, 1.807) is 4.90 Å². The zero-order chi connectivity index (χ0) is 14.6. The summed E-state index contributed by atoms with van der Waals surface area (Å²) in [7, 11) is 1.83. The molecule has 3 nitrogen and oxygen atoms in total. The Kier molecular flexibility index (Phi) is 5.55. The summed E-state index contributed by atoms with van der Waals surface area (Å²) in [6.07, 6.45) is 0.726. The molecule has 0 saturated heterocycles. The predicted octanol–water partition coefficient (Wildman–Crippen LogP) is 2.89. The van der Waals surface area contributed by atoms with Crippen molar-refractivity contribution in [2.45, 2.75) is 46.2 Å². The highest BCUT2D eigenvalue weighted by molar-refractivity contribution is 5.81. The largest absolute Gasteiger partial charge is 0.338 e. The van der Waals surface area contributed by atoms with Crippen LogP contribution >= 0.6 is 0 Å². The SMILES string of the molecule is Cc1ccc(C(C)N(C)C(=O)C(N)CC(C)C)cc1. The highest BCUT2D eigenvalue weighted by Crippen LogP contribution is 2.20. The summed E-state index contributed by atoms with van der Waals surface area (Å²) in [6, 6.07) is 7.91. The van der Waals surface area contributed by atoms with Crippen molar-refractivity contribution in [3.8, 4) is 0 Å². The van der Waals surface area contributed by atoms with Gasteiger partial charge in [0.2, 0.25) is 5.91 Å². The maximum absolute atomic E-state index is 12.3. The first kappa shape index (κ1) is 15.7. The minimum atomic E-state index is -0.405. The molecule has 0 aromatic heterocycles. The number of amides is 1. The number of benzene rings is 1. The molecule has 1 aromatic carbocycles. The Bertz CT molecular complexity index is 411. The van der Waals surface area contributed by atoms with Gasteiger partial charge < -0.3 is 10.6 Å². The molecule has 1 rings (SSSR count). The van der Waals surface area contributed by atoms with Gasteiger partial charge in [-0.25, -0.2) is 0 Å². The molecule has 0 radical (unpaired) electrons. The van der Waals surface area contributed by atoms with E-state index >= 15 is 0 Å². The number of aryl methyl sites for hydroxylation is 1. The van der Waals surface area contributed by atoms with E-state index in [9.17, 15) is 4.79 Å². The van der Waals surface area contributed by atoms with Crippen LogP contribution in [-0.4, -0.2) is 23.9 Å². The highest BCUT2D eigenvalue weighted by Gasteiger charge is 2.23. The highest BCUT2D eigenvalue weighted by atomic mass is 16.2. The second kappa shape index (κ2) is 6.71. The maximum atomic E-state index is 12.3. The first-order valence-electron chi connectivity index (χ1n) is 6.91. The number of nitrogens with two attached hydrogens (primary N) is 1. The summed E-state index contributed by atoms with van der Waals surface area (Å²) < 4.78 is 0. The second-order valence-corrected chi connectivity index (χ2v) is 5.77. The van der Waals surface area contributed by atoms with E-state index in [1.807, 2.05) is 14.0 Å². The van der Waals surface area contributed by atoms with Gasteiger partial charge >= 0.3 is 0 Å². The Balaban J connectivity index is 2.73. The first-order chi connectivity index (χ1) is 8.82. The van der Waals surface area contributed by atoms with Crippen molar-refractivity contribution in [2.75, 3.05) is 7.05 Å². The molecule has 1 aromatic rings. The van der Waals surface area contributed by atoms with Gasteiger partial charge in [-0.3, -0.25) is 4.79 Å². The molecule has 106 valence electrons. The molecule has 3 heteroatoms. The summed E-state index contributed by atoms with van der Waals surface area (Å²) in [5.41, 5.74) is 8.33. The molecule has 0 saturated carbocycles.